The Balaban J connectivity index is 2.19. The van der Waals surface area contributed by atoms with E-state index in [4.69, 9.17) is 23.2 Å². The van der Waals surface area contributed by atoms with E-state index in [1.165, 1.54) is 12.4 Å². The van der Waals surface area contributed by atoms with Gasteiger partial charge >= 0.3 is 0 Å². The predicted molar refractivity (Wildman–Crippen MR) is 73.4 cm³/mol. The third-order valence-electron chi connectivity index (χ3n) is 2.68. The molecule has 0 aliphatic heterocycles. The minimum atomic E-state index is -3.30. The largest absolute Gasteiger partial charge is 0.264 e. The van der Waals surface area contributed by atoms with Crippen LogP contribution in [0.5, 0.6) is 0 Å². The van der Waals surface area contributed by atoms with Gasteiger partial charge in [-0.25, -0.2) is 8.42 Å². The molecule has 0 saturated heterocycles. The zero-order valence-electron chi connectivity index (χ0n) is 9.38. The lowest BCUT2D eigenvalue weighted by molar-refractivity contribution is 0.587. The smallest absolute Gasteiger partial charge is 0.161 e. The van der Waals surface area contributed by atoms with Crippen LogP contribution in [-0.4, -0.2) is 18.7 Å². The molecule has 18 heavy (non-hydrogen) atoms. The zero-order valence-corrected chi connectivity index (χ0v) is 11.7. The molecule has 0 fully saturated rings. The van der Waals surface area contributed by atoms with Crippen LogP contribution in [0, 0.1) is 0 Å². The van der Waals surface area contributed by atoms with Crippen LogP contribution >= 0.6 is 23.2 Å². The molecular formula is C12H11Cl2NO2S. The highest BCUT2D eigenvalue weighted by molar-refractivity contribution is 7.91. The second kappa shape index (κ2) is 5.43. The molecule has 1 unspecified atom stereocenters. The molecule has 0 saturated carbocycles. The molecule has 1 aliphatic rings. The lowest BCUT2D eigenvalue weighted by Gasteiger charge is -2.15. The molecular weight excluding hydrogens is 293 g/mol. The van der Waals surface area contributed by atoms with Crippen molar-refractivity contribution in [2.24, 2.45) is 0 Å². The highest BCUT2D eigenvalue weighted by Gasteiger charge is 2.25. The molecule has 1 aromatic heterocycles. The Morgan fingerprint density at radius 3 is 2.78 bits per heavy atom. The standard InChI is InChI=1S/C12H11Cl2NO2S/c13-10-1-3-11(4-2-10)18(16,17)8-9-7-15-6-5-12(9)14/h1-3,5-7,11H,4,8H2. The summed E-state index contributed by atoms with van der Waals surface area (Å²) in [5, 5.41) is 0.444. The number of rotatable bonds is 3. The van der Waals surface area contributed by atoms with Crippen molar-refractivity contribution in [1.82, 2.24) is 4.98 Å². The van der Waals surface area contributed by atoms with Crippen LogP contribution < -0.4 is 0 Å². The van der Waals surface area contributed by atoms with Crippen LogP contribution in [0.3, 0.4) is 0 Å². The van der Waals surface area contributed by atoms with Crippen LogP contribution in [0.15, 0.2) is 41.7 Å². The summed E-state index contributed by atoms with van der Waals surface area (Å²) < 4.78 is 24.4. The van der Waals surface area contributed by atoms with E-state index in [1.54, 1.807) is 24.3 Å². The Labute approximate surface area is 116 Å². The summed E-state index contributed by atoms with van der Waals surface area (Å²) in [6, 6.07) is 1.58. The number of hydrogen-bond donors (Lipinski definition) is 0. The van der Waals surface area contributed by atoms with Crippen molar-refractivity contribution in [2.75, 3.05) is 0 Å². The van der Waals surface area contributed by atoms with Crippen LogP contribution in [0.25, 0.3) is 0 Å². The average molecular weight is 304 g/mol. The third kappa shape index (κ3) is 3.13. The minimum Gasteiger partial charge on any atom is -0.264 e. The summed E-state index contributed by atoms with van der Waals surface area (Å²) in [6.45, 7) is 0. The molecule has 0 bridgehead atoms. The van der Waals surface area contributed by atoms with Gasteiger partial charge in [-0.1, -0.05) is 35.4 Å². The number of pyridine rings is 1. The summed E-state index contributed by atoms with van der Waals surface area (Å²) in [5.74, 6) is -0.111. The zero-order chi connectivity index (χ0) is 13.2. The number of hydrogen-bond acceptors (Lipinski definition) is 3. The first-order valence-electron chi connectivity index (χ1n) is 5.33. The molecule has 1 aromatic rings. The van der Waals surface area contributed by atoms with Crippen molar-refractivity contribution in [1.29, 1.82) is 0 Å². The van der Waals surface area contributed by atoms with E-state index >= 15 is 0 Å². The van der Waals surface area contributed by atoms with Crippen LogP contribution in [0.2, 0.25) is 5.02 Å². The van der Waals surface area contributed by atoms with E-state index < -0.39 is 15.1 Å². The topological polar surface area (TPSA) is 47.0 Å². The number of halogens is 2. The van der Waals surface area contributed by atoms with Crippen molar-refractivity contribution < 1.29 is 8.42 Å². The van der Waals surface area contributed by atoms with Gasteiger partial charge in [-0.3, -0.25) is 4.98 Å². The Morgan fingerprint density at radius 1 is 1.39 bits per heavy atom. The van der Waals surface area contributed by atoms with Gasteiger partial charge in [0.25, 0.3) is 0 Å². The maximum atomic E-state index is 12.2. The summed E-state index contributed by atoms with van der Waals surface area (Å²) in [6.07, 6.45) is 8.33. The maximum Gasteiger partial charge on any atom is 0.161 e. The van der Waals surface area contributed by atoms with Crippen molar-refractivity contribution in [3.63, 3.8) is 0 Å². The molecule has 1 atom stereocenters. The number of nitrogens with zero attached hydrogens (tertiary/aromatic N) is 1. The number of sulfone groups is 1. The maximum absolute atomic E-state index is 12.2. The first-order chi connectivity index (χ1) is 8.49. The van der Waals surface area contributed by atoms with Crippen LogP contribution in [0.4, 0.5) is 0 Å². The Bertz CT molecular complexity index is 608. The molecule has 6 heteroatoms. The lowest BCUT2D eigenvalue weighted by Crippen LogP contribution is -2.21. The fraction of sp³-hybridized carbons (Fsp3) is 0.250. The monoisotopic (exact) mass is 303 g/mol. The van der Waals surface area contributed by atoms with Gasteiger partial charge in [-0.2, -0.15) is 0 Å². The quantitative estimate of drug-likeness (QED) is 0.862. The summed E-state index contributed by atoms with van der Waals surface area (Å²) in [7, 11) is -3.30. The van der Waals surface area contributed by atoms with E-state index in [9.17, 15) is 8.42 Å². The molecule has 0 N–H and O–H groups in total. The molecule has 96 valence electrons. The molecule has 0 aromatic carbocycles. The number of allylic oxidation sites excluding steroid dienone is 3. The molecule has 1 heterocycles. The SMILES string of the molecule is O=S(=O)(Cc1cnccc1Cl)C1C=CC(Cl)=CC1. The van der Waals surface area contributed by atoms with Gasteiger partial charge in [0, 0.05) is 28.0 Å². The Morgan fingerprint density at radius 2 is 2.17 bits per heavy atom. The van der Waals surface area contributed by atoms with Crippen LogP contribution in [-0.2, 0) is 15.6 Å². The fourth-order valence-electron chi connectivity index (χ4n) is 1.68. The van der Waals surface area contributed by atoms with E-state index in [-0.39, 0.29) is 5.75 Å². The highest BCUT2D eigenvalue weighted by atomic mass is 35.5. The summed E-state index contributed by atoms with van der Waals surface area (Å²) >= 11 is 11.7. The van der Waals surface area contributed by atoms with Gasteiger partial charge in [-0.15, -0.1) is 0 Å². The van der Waals surface area contributed by atoms with Crippen molar-refractivity contribution in [3.05, 3.63) is 52.3 Å². The van der Waals surface area contributed by atoms with Gasteiger partial charge in [-0.05, 0) is 18.6 Å². The summed E-state index contributed by atoms with van der Waals surface area (Å²) in [5.41, 5.74) is 0.521. The average Bonchev–Trinajstić information content (AvgIpc) is 2.32. The second-order valence-electron chi connectivity index (χ2n) is 4.00. The molecule has 0 spiro atoms. The molecule has 0 amide bonds. The highest BCUT2D eigenvalue weighted by Crippen LogP contribution is 2.24. The van der Waals surface area contributed by atoms with E-state index in [2.05, 4.69) is 4.98 Å². The van der Waals surface area contributed by atoms with Gasteiger partial charge < -0.3 is 0 Å². The van der Waals surface area contributed by atoms with Crippen molar-refractivity contribution >= 4 is 33.0 Å². The minimum absolute atomic E-state index is 0.111. The molecule has 0 radical (unpaired) electrons. The second-order valence-corrected chi connectivity index (χ2v) is 7.06. The lowest BCUT2D eigenvalue weighted by atomic mass is 10.2. The van der Waals surface area contributed by atoms with Gasteiger partial charge in [0.15, 0.2) is 9.84 Å². The van der Waals surface area contributed by atoms with E-state index in [0.717, 1.165) is 0 Å². The fourth-order valence-corrected chi connectivity index (χ4v) is 3.68. The molecule has 1 aliphatic carbocycles. The summed E-state index contributed by atoms with van der Waals surface area (Å²) in [4.78, 5) is 3.89. The molecule has 2 rings (SSSR count). The van der Waals surface area contributed by atoms with Gasteiger partial charge in [0.1, 0.15) is 0 Å². The van der Waals surface area contributed by atoms with Crippen molar-refractivity contribution in [2.45, 2.75) is 17.4 Å². The normalized spacial score (nSPS) is 19.7. The van der Waals surface area contributed by atoms with Crippen LogP contribution in [0.1, 0.15) is 12.0 Å². The van der Waals surface area contributed by atoms with Gasteiger partial charge in [0.05, 0.1) is 11.0 Å². The van der Waals surface area contributed by atoms with E-state index in [1.807, 2.05) is 0 Å². The first kappa shape index (κ1) is 13.6. The van der Waals surface area contributed by atoms with E-state index in [0.29, 0.717) is 22.0 Å². The Kier molecular flexibility index (Phi) is 4.10. The Hall–Kier alpha value is -0.840. The molecule has 3 nitrogen and oxygen atoms in total. The third-order valence-corrected chi connectivity index (χ3v) is 5.31. The predicted octanol–water partition coefficient (Wildman–Crippen LogP) is 3.10. The number of aromatic nitrogens is 1. The van der Waals surface area contributed by atoms with Crippen molar-refractivity contribution in [3.8, 4) is 0 Å². The first-order valence-corrected chi connectivity index (χ1v) is 7.80. The van der Waals surface area contributed by atoms with Gasteiger partial charge in [0.2, 0.25) is 0 Å².